The highest BCUT2D eigenvalue weighted by molar-refractivity contribution is 5.83. The number of fused-ring (bicyclic) bond motifs is 1. The van der Waals surface area contributed by atoms with Crippen LogP contribution in [0.1, 0.15) is 5.56 Å². The summed E-state index contributed by atoms with van der Waals surface area (Å²) in [7, 11) is 0. The van der Waals surface area contributed by atoms with Gasteiger partial charge in [0, 0.05) is 12.6 Å². The average Bonchev–Trinajstić information content (AvgIpc) is 2.42. The number of aliphatic carboxylic acids is 1. The van der Waals surface area contributed by atoms with Crippen molar-refractivity contribution in [3.63, 3.8) is 0 Å². The van der Waals surface area contributed by atoms with Gasteiger partial charge in [-0.1, -0.05) is 48.5 Å². The summed E-state index contributed by atoms with van der Waals surface area (Å²) >= 11 is 0. The first-order valence-electron chi connectivity index (χ1n) is 6.33. The lowest BCUT2D eigenvalue weighted by atomic mass is 10.1. The maximum atomic E-state index is 10.3. The molecule has 0 saturated carbocycles. The van der Waals surface area contributed by atoms with Crippen molar-refractivity contribution in [3.8, 4) is 0 Å². The summed E-state index contributed by atoms with van der Waals surface area (Å²) < 4.78 is 0. The van der Waals surface area contributed by atoms with Crippen LogP contribution >= 0.6 is 0 Å². The fourth-order valence-corrected chi connectivity index (χ4v) is 1.97. The molecule has 3 nitrogen and oxygen atoms in total. The van der Waals surface area contributed by atoms with Gasteiger partial charge in [0.25, 0.3) is 0 Å². The van der Waals surface area contributed by atoms with Crippen LogP contribution in [0.15, 0.2) is 54.6 Å². The maximum absolute atomic E-state index is 10.3. The summed E-state index contributed by atoms with van der Waals surface area (Å²) in [5, 5.41) is 14.1. The minimum Gasteiger partial charge on any atom is -0.478 e. The highest BCUT2D eigenvalue weighted by atomic mass is 16.4. The Kier molecular flexibility index (Phi) is 4.70. The lowest BCUT2D eigenvalue weighted by Gasteiger charge is -2.04. The van der Waals surface area contributed by atoms with Crippen molar-refractivity contribution in [2.75, 3.05) is 13.1 Å². The Hall–Kier alpha value is -2.13. The number of hydrogen-bond donors (Lipinski definition) is 2. The van der Waals surface area contributed by atoms with Crippen molar-refractivity contribution in [2.24, 2.45) is 0 Å². The molecule has 0 aromatic heterocycles. The first-order chi connectivity index (χ1) is 9.25. The molecule has 2 aromatic rings. The van der Waals surface area contributed by atoms with E-state index in [1.807, 2.05) is 12.1 Å². The van der Waals surface area contributed by atoms with Crippen molar-refractivity contribution in [3.05, 3.63) is 60.2 Å². The van der Waals surface area contributed by atoms with Gasteiger partial charge in [-0.3, -0.25) is 0 Å². The number of carbonyl (C=O) groups is 1. The SMILES string of the molecule is O=C(O)/C=C/CNCCc1ccc2ccccc2c1. The first-order valence-corrected chi connectivity index (χ1v) is 6.33. The molecule has 2 rings (SSSR count). The standard InChI is InChI=1S/C16H17NO2/c18-16(19)6-3-10-17-11-9-13-7-8-14-4-1-2-5-15(14)12-13/h1-8,12,17H,9-11H2,(H,18,19)/b6-3+. The average molecular weight is 255 g/mol. The van der Waals surface area contributed by atoms with E-state index in [1.54, 1.807) is 6.08 Å². The molecule has 0 spiro atoms. The largest absolute Gasteiger partial charge is 0.478 e. The van der Waals surface area contributed by atoms with E-state index in [4.69, 9.17) is 5.11 Å². The molecule has 0 unspecified atom stereocenters. The zero-order valence-corrected chi connectivity index (χ0v) is 10.7. The molecule has 0 heterocycles. The number of rotatable bonds is 6. The summed E-state index contributed by atoms with van der Waals surface area (Å²) in [4.78, 5) is 10.3. The van der Waals surface area contributed by atoms with Crippen LogP contribution in [0.25, 0.3) is 10.8 Å². The highest BCUT2D eigenvalue weighted by Crippen LogP contribution is 2.15. The van der Waals surface area contributed by atoms with Crippen LogP contribution < -0.4 is 5.32 Å². The van der Waals surface area contributed by atoms with Gasteiger partial charge < -0.3 is 10.4 Å². The summed E-state index contributed by atoms with van der Waals surface area (Å²) in [6.07, 6.45) is 3.71. The van der Waals surface area contributed by atoms with E-state index < -0.39 is 5.97 Å². The summed E-state index contributed by atoms with van der Waals surface area (Å²) in [6.45, 7) is 1.42. The molecule has 2 N–H and O–H groups in total. The Morgan fingerprint density at radius 1 is 1.16 bits per heavy atom. The number of carboxylic acids is 1. The van der Waals surface area contributed by atoms with Crippen molar-refractivity contribution in [2.45, 2.75) is 6.42 Å². The number of benzene rings is 2. The third-order valence-electron chi connectivity index (χ3n) is 2.93. The lowest BCUT2D eigenvalue weighted by Crippen LogP contribution is -2.17. The third-order valence-corrected chi connectivity index (χ3v) is 2.93. The van der Waals surface area contributed by atoms with Crippen molar-refractivity contribution >= 4 is 16.7 Å². The third kappa shape index (κ3) is 4.23. The van der Waals surface area contributed by atoms with Gasteiger partial charge in [0.05, 0.1) is 0 Å². The molecule has 0 aliphatic rings. The van der Waals surface area contributed by atoms with Gasteiger partial charge in [0.15, 0.2) is 0 Å². The number of hydrogen-bond acceptors (Lipinski definition) is 2. The Balaban J connectivity index is 1.83. The maximum Gasteiger partial charge on any atom is 0.328 e. The second kappa shape index (κ2) is 6.71. The van der Waals surface area contributed by atoms with E-state index in [0.717, 1.165) is 19.0 Å². The van der Waals surface area contributed by atoms with Gasteiger partial charge in [-0.25, -0.2) is 4.79 Å². The van der Waals surface area contributed by atoms with Crippen molar-refractivity contribution in [1.29, 1.82) is 0 Å². The molecule has 0 amide bonds. The fourth-order valence-electron chi connectivity index (χ4n) is 1.97. The Morgan fingerprint density at radius 3 is 2.74 bits per heavy atom. The molecule has 3 heteroatoms. The van der Waals surface area contributed by atoms with Crippen LogP contribution in [-0.4, -0.2) is 24.2 Å². The van der Waals surface area contributed by atoms with E-state index >= 15 is 0 Å². The second-order valence-corrected chi connectivity index (χ2v) is 4.38. The molecule has 0 aliphatic carbocycles. The Morgan fingerprint density at radius 2 is 1.95 bits per heavy atom. The van der Waals surface area contributed by atoms with E-state index in [0.29, 0.717) is 6.54 Å². The predicted octanol–water partition coefficient (Wildman–Crippen LogP) is 2.61. The van der Waals surface area contributed by atoms with Crippen LogP contribution in [0.5, 0.6) is 0 Å². The van der Waals surface area contributed by atoms with E-state index in [9.17, 15) is 4.79 Å². The normalized spacial score (nSPS) is 11.2. The minimum absolute atomic E-state index is 0.583. The molecular weight excluding hydrogens is 238 g/mol. The van der Waals surface area contributed by atoms with Crippen molar-refractivity contribution < 1.29 is 9.90 Å². The molecule has 0 saturated heterocycles. The van der Waals surface area contributed by atoms with Crippen LogP contribution in [0.2, 0.25) is 0 Å². The van der Waals surface area contributed by atoms with E-state index in [2.05, 4.69) is 35.6 Å². The molecule has 0 radical (unpaired) electrons. The van der Waals surface area contributed by atoms with Crippen LogP contribution in [0.4, 0.5) is 0 Å². The summed E-state index contributed by atoms with van der Waals surface area (Å²) in [6, 6.07) is 14.8. The number of nitrogens with one attached hydrogen (secondary N) is 1. The fraction of sp³-hybridized carbons (Fsp3) is 0.188. The molecule has 19 heavy (non-hydrogen) atoms. The summed E-state index contributed by atoms with van der Waals surface area (Å²) in [5.41, 5.74) is 1.29. The van der Waals surface area contributed by atoms with Gasteiger partial charge in [-0.15, -0.1) is 0 Å². The van der Waals surface area contributed by atoms with E-state index in [1.165, 1.54) is 16.3 Å². The molecule has 98 valence electrons. The van der Waals surface area contributed by atoms with Gasteiger partial charge in [0.1, 0.15) is 0 Å². The smallest absolute Gasteiger partial charge is 0.328 e. The van der Waals surface area contributed by atoms with Crippen molar-refractivity contribution in [1.82, 2.24) is 5.32 Å². The molecular formula is C16H17NO2. The molecule has 0 fully saturated rings. The minimum atomic E-state index is -0.906. The zero-order valence-electron chi connectivity index (χ0n) is 10.7. The predicted molar refractivity (Wildman–Crippen MR) is 77.3 cm³/mol. The van der Waals surface area contributed by atoms with Crippen LogP contribution in [0, 0.1) is 0 Å². The molecule has 0 atom stereocenters. The van der Waals surface area contributed by atoms with Gasteiger partial charge in [0.2, 0.25) is 0 Å². The Bertz CT molecular complexity index is 590. The van der Waals surface area contributed by atoms with Crippen LogP contribution in [0.3, 0.4) is 0 Å². The molecule has 0 aliphatic heterocycles. The second-order valence-electron chi connectivity index (χ2n) is 4.38. The summed E-state index contributed by atoms with van der Waals surface area (Å²) in [5.74, 6) is -0.906. The first kappa shape index (κ1) is 13.3. The quantitative estimate of drug-likeness (QED) is 0.616. The van der Waals surface area contributed by atoms with Gasteiger partial charge in [-0.05, 0) is 29.3 Å². The lowest BCUT2D eigenvalue weighted by molar-refractivity contribution is -0.131. The zero-order chi connectivity index (χ0) is 13.5. The number of carboxylic acid groups (broad SMARTS) is 1. The molecule has 2 aromatic carbocycles. The van der Waals surface area contributed by atoms with Gasteiger partial charge >= 0.3 is 5.97 Å². The highest BCUT2D eigenvalue weighted by Gasteiger charge is 1.96. The van der Waals surface area contributed by atoms with E-state index in [-0.39, 0.29) is 0 Å². The van der Waals surface area contributed by atoms with Gasteiger partial charge in [-0.2, -0.15) is 0 Å². The Labute approximate surface area is 112 Å². The van der Waals surface area contributed by atoms with Crippen LogP contribution in [-0.2, 0) is 11.2 Å². The topological polar surface area (TPSA) is 49.3 Å². The molecule has 0 bridgehead atoms. The monoisotopic (exact) mass is 255 g/mol.